The van der Waals surface area contributed by atoms with E-state index >= 15 is 0 Å². The highest BCUT2D eigenvalue weighted by Crippen LogP contribution is 2.13. The van der Waals surface area contributed by atoms with E-state index in [0.29, 0.717) is 18.8 Å². The van der Waals surface area contributed by atoms with E-state index in [-0.39, 0.29) is 17.2 Å². The summed E-state index contributed by atoms with van der Waals surface area (Å²) in [6.45, 7) is 1.86. The number of carbonyl (C=O) groups is 1. The SMILES string of the molecule is COCCn1cc(/C=N/OC(C)=O)nc2c(=O)n(-c3ccccc3)c(=O)nc1-2. The van der Waals surface area contributed by atoms with Crippen molar-refractivity contribution in [1.82, 2.24) is 19.1 Å². The molecule has 1 aromatic rings. The van der Waals surface area contributed by atoms with Crippen LogP contribution in [-0.2, 0) is 20.9 Å². The molecule has 0 atom stereocenters. The molecule has 0 saturated heterocycles. The molecule has 0 spiro atoms. The number of rotatable bonds is 6. The number of aromatic nitrogens is 4. The Labute approximate surface area is 159 Å². The first kappa shape index (κ1) is 19.1. The molecule has 2 aliphatic rings. The molecule has 0 unspecified atom stereocenters. The monoisotopic (exact) mass is 383 g/mol. The van der Waals surface area contributed by atoms with Gasteiger partial charge in [0.15, 0.2) is 11.5 Å². The molecule has 0 amide bonds. The molecule has 0 fully saturated rings. The predicted octanol–water partition coefficient (Wildman–Crippen LogP) is 0.437. The second-order valence-corrected chi connectivity index (χ2v) is 5.71. The third kappa shape index (κ3) is 4.01. The lowest BCUT2D eigenvalue weighted by Gasteiger charge is -2.15. The molecule has 28 heavy (non-hydrogen) atoms. The van der Waals surface area contributed by atoms with Crippen molar-refractivity contribution in [2.45, 2.75) is 13.5 Å². The number of fused-ring (bicyclic) bond motifs is 1. The van der Waals surface area contributed by atoms with E-state index in [4.69, 9.17) is 4.74 Å². The molecule has 0 aromatic heterocycles. The van der Waals surface area contributed by atoms with Crippen molar-refractivity contribution < 1.29 is 14.4 Å². The number of nitrogens with zero attached hydrogens (tertiary/aromatic N) is 5. The normalized spacial score (nSPS) is 11.2. The molecule has 2 heterocycles. The van der Waals surface area contributed by atoms with Crippen molar-refractivity contribution in [2.24, 2.45) is 5.16 Å². The van der Waals surface area contributed by atoms with Gasteiger partial charge in [-0.25, -0.2) is 19.1 Å². The molecule has 144 valence electrons. The largest absolute Gasteiger partial charge is 0.383 e. The Morgan fingerprint density at radius 3 is 2.64 bits per heavy atom. The van der Waals surface area contributed by atoms with E-state index in [9.17, 15) is 14.4 Å². The van der Waals surface area contributed by atoms with Crippen LogP contribution in [0, 0.1) is 0 Å². The Morgan fingerprint density at radius 2 is 1.96 bits per heavy atom. The van der Waals surface area contributed by atoms with Gasteiger partial charge in [-0.1, -0.05) is 23.4 Å². The molecule has 10 heteroatoms. The molecule has 0 saturated carbocycles. The lowest BCUT2D eigenvalue weighted by molar-refractivity contribution is -0.140. The fourth-order valence-corrected chi connectivity index (χ4v) is 2.54. The van der Waals surface area contributed by atoms with Crippen molar-refractivity contribution in [3.05, 3.63) is 63.1 Å². The van der Waals surface area contributed by atoms with Crippen LogP contribution in [-0.4, -0.2) is 45.0 Å². The Hall–Kier alpha value is -3.66. The van der Waals surface area contributed by atoms with Crippen LogP contribution in [0.3, 0.4) is 0 Å². The molecule has 2 aliphatic heterocycles. The first-order chi connectivity index (χ1) is 13.5. The topological polar surface area (TPSA) is 118 Å². The van der Waals surface area contributed by atoms with Gasteiger partial charge in [0.1, 0.15) is 5.69 Å². The van der Waals surface area contributed by atoms with E-state index in [1.54, 1.807) is 34.9 Å². The zero-order valence-electron chi connectivity index (χ0n) is 15.2. The maximum Gasteiger partial charge on any atom is 0.357 e. The van der Waals surface area contributed by atoms with Gasteiger partial charge in [0.2, 0.25) is 0 Å². The number of para-hydroxylation sites is 1. The Bertz CT molecular complexity index is 1100. The van der Waals surface area contributed by atoms with Gasteiger partial charge in [-0.2, -0.15) is 4.98 Å². The van der Waals surface area contributed by atoms with Gasteiger partial charge in [0, 0.05) is 26.8 Å². The molecule has 0 bridgehead atoms. The second kappa shape index (κ2) is 8.35. The smallest absolute Gasteiger partial charge is 0.357 e. The van der Waals surface area contributed by atoms with Crippen LogP contribution in [0.1, 0.15) is 12.6 Å². The maximum atomic E-state index is 13.0. The minimum Gasteiger partial charge on any atom is -0.383 e. The van der Waals surface area contributed by atoms with Gasteiger partial charge >= 0.3 is 11.7 Å². The van der Waals surface area contributed by atoms with E-state index in [2.05, 4.69) is 20.0 Å². The summed E-state index contributed by atoms with van der Waals surface area (Å²) in [5, 5.41) is 3.52. The van der Waals surface area contributed by atoms with Gasteiger partial charge in [0.05, 0.1) is 18.5 Å². The molecule has 3 rings (SSSR count). The summed E-state index contributed by atoms with van der Waals surface area (Å²) in [6, 6.07) is 8.44. The molecular weight excluding hydrogens is 366 g/mol. The summed E-state index contributed by atoms with van der Waals surface area (Å²) in [6.07, 6.45) is 2.73. The first-order valence-electron chi connectivity index (χ1n) is 8.31. The fourth-order valence-electron chi connectivity index (χ4n) is 2.54. The average molecular weight is 383 g/mol. The molecule has 1 aromatic carbocycles. The maximum absolute atomic E-state index is 13.0. The predicted molar refractivity (Wildman–Crippen MR) is 99.7 cm³/mol. The van der Waals surface area contributed by atoms with Crippen LogP contribution < -0.4 is 11.2 Å². The molecule has 0 N–H and O–H groups in total. The second-order valence-electron chi connectivity index (χ2n) is 5.71. The van der Waals surface area contributed by atoms with E-state index in [0.717, 1.165) is 4.57 Å². The highest BCUT2D eigenvalue weighted by molar-refractivity contribution is 5.78. The third-order valence-corrected chi connectivity index (χ3v) is 3.73. The van der Waals surface area contributed by atoms with Crippen molar-refractivity contribution >= 4 is 12.2 Å². The Morgan fingerprint density at radius 1 is 1.21 bits per heavy atom. The number of ether oxygens (including phenoxy) is 1. The van der Waals surface area contributed by atoms with Gasteiger partial charge in [-0.15, -0.1) is 0 Å². The molecule has 0 radical (unpaired) electrons. The van der Waals surface area contributed by atoms with Crippen molar-refractivity contribution in [3.8, 4) is 17.2 Å². The highest BCUT2D eigenvalue weighted by Gasteiger charge is 2.20. The van der Waals surface area contributed by atoms with Crippen LogP contribution in [0.25, 0.3) is 17.2 Å². The Balaban J connectivity index is 2.22. The molecule has 10 nitrogen and oxygen atoms in total. The van der Waals surface area contributed by atoms with Crippen LogP contribution in [0.15, 0.2) is 51.3 Å². The van der Waals surface area contributed by atoms with Crippen LogP contribution in [0.5, 0.6) is 0 Å². The van der Waals surface area contributed by atoms with Gasteiger partial charge in [-0.05, 0) is 12.1 Å². The summed E-state index contributed by atoms with van der Waals surface area (Å²) in [5.41, 5.74) is -0.711. The minimum absolute atomic E-state index is 0.0219. The average Bonchev–Trinajstić information content (AvgIpc) is 2.67. The summed E-state index contributed by atoms with van der Waals surface area (Å²) in [7, 11) is 1.53. The number of carbonyl (C=O) groups excluding carboxylic acids is 1. The van der Waals surface area contributed by atoms with E-state index in [1.807, 2.05) is 0 Å². The number of methoxy groups -OCH3 is 1. The number of oxime groups is 1. The number of benzene rings is 1. The third-order valence-electron chi connectivity index (χ3n) is 3.73. The summed E-state index contributed by atoms with van der Waals surface area (Å²) < 4.78 is 7.58. The van der Waals surface area contributed by atoms with Crippen molar-refractivity contribution in [1.29, 1.82) is 0 Å². The van der Waals surface area contributed by atoms with Crippen LogP contribution >= 0.6 is 0 Å². The standard InChI is InChI=1S/C18H17N5O5/c1-12(24)28-19-10-13-11-22(8-9-27-2)16-15(20-13)17(25)23(18(26)21-16)14-6-4-3-5-7-14/h3-7,10-11H,8-9H2,1-2H3/b19-10+. The molecule has 0 aliphatic carbocycles. The summed E-state index contributed by atoms with van der Waals surface area (Å²) in [4.78, 5) is 49.2. The number of hydrogen-bond donors (Lipinski definition) is 0. The quantitative estimate of drug-likeness (QED) is 0.344. The highest BCUT2D eigenvalue weighted by atomic mass is 16.7. The zero-order chi connectivity index (χ0) is 20.1. The molecular formula is C18H17N5O5. The van der Waals surface area contributed by atoms with Crippen molar-refractivity contribution in [2.75, 3.05) is 13.7 Å². The van der Waals surface area contributed by atoms with Gasteiger partial charge in [-0.3, -0.25) is 4.79 Å². The van der Waals surface area contributed by atoms with Crippen LogP contribution in [0.4, 0.5) is 0 Å². The zero-order valence-corrected chi connectivity index (χ0v) is 15.2. The summed E-state index contributed by atoms with van der Waals surface area (Å²) in [5.74, 6) is -0.461. The van der Waals surface area contributed by atoms with E-state index in [1.165, 1.54) is 26.4 Å². The summed E-state index contributed by atoms with van der Waals surface area (Å²) >= 11 is 0. The van der Waals surface area contributed by atoms with Gasteiger partial charge in [0.25, 0.3) is 5.56 Å². The Kier molecular flexibility index (Phi) is 5.70. The minimum atomic E-state index is -0.710. The van der Waals surface area contributed by atoms with E-state index < -0.39 is 17.2 Å². The van der Waals surface area contributed by atoms with Crippen molar-refractivity contribution in [3.63, 3.8) is 0 Å². The van der Waals surface area contributed by atoms with Gasteiger partial charge < -0.3 is 14.1 Å². The lowest BCUT2D eigenvalue weighted by Crippen LogP contribution is -2.37. The first-order valence-corrected chi connectivity index (χ1v) is 8.31. The fraction of sp³-hybridized carbons (Fsp3) is 0.222. The number of hydrogen-bond acceptors (Lipinski definition) is 8. The van der Waals surface area contributed by atoms with Crippen LogP contribution in [0.2, 0.25) is 0 Å². The lowest BCUT2D eigenvalue weighted by atomic mass is 10.3.